The standard InChI is InChI=1S/C15H16N2O4S2/c1-4-5-21-15(20)10-12(11-7(2)16-8(3)22-11)23-14-9(6-18)13(19)17(10)14/h4,9,14,18H,1,5-6H2,2-3H3/t9-,14+/m0/s1. The molecule has 2 aliphatic rings. The highest BCUT2D eigenvalue weighted by atomic mass is 32.2. The fraction of sp³-hybridized carbons (Fsp3) is 0.400. The van der Waals surface area contributed by atoms with Crippen molar-refractivity contribution in [1.82, 2.24) is 9.88 Å². The summed E-state index contributed by atoms with van der Waals surface area (Å²) in [7, 11) is 0. The number of fused-ring (bicyclic) bond motifs is 1. The molecule has 3 heterocycles. The molecular formula is C15H16N2O4S2. The number of aliphatic hydroxyl groups excluding tert-OH is 1. The van der Waals surface area contributed by atoms with E-state index in [1.54, 1.807) is 0 Å². The number of thiazole rings is 1. The number of carbonyl (C=O) groups excluding carboxylic acids is 2. The van der Waals surface area contributed by atoms with E-state index < -0.39 is 11.9 Å². The molecule has 23 heavy (non-hydrogen) atoms. The van der Waals surface area contributed by atoms with Crippen LogP contribution in [0.2, 0.25) is 0 Å². The Morgan fingerprint density at radius 2 is 2.26 bits per heavy atom. The van der Waals surface area contributed by atoms with Crippen LogP contribution in [-0.4, -0.2) is 45.5 Å². The zero-order chi connectivity index (χ0) is 16.7. The smallest absolute Gasteiger partial charge is 0.356 e. The molecule has 0 saturated carbocycles. The van der Waals surface area contributed by atoms with Crippen LogP contribution >= 0.6 is 23.1 Å². The van der Waals surface area contributed by atoms with Crippen molar-refractivity contribution in [1.29, 1.82) is 0 Å². The van der Waals surface area contributed by atoms with Gasteiger partial charge in [-0.3, -0.25) is 9.69 Å². The lowest BCUT2D eigenvalue weighted by atomic mass is 9.98. The summed E-state index contributed by atoms with van der Waals surface area (Å²) in [6, 6.07) is 0. The van der Waals surface area contributed by atoms with Gasteiger partial charge >= 0.3 is 5.97 Å². The number of β-lactam (4-membered cyclic amide) rings is 1. The second-order valence-corrected chi connectivity index (χ2v) is 7.55. The van der Waals surface area contributed by atoms with Gasteiger partial charge in [0.25, 0.3) is 0 Å². The van der Waals surface area contributed by atoms with Gasteiger partial charge in [0.2, 0.25) is 5.91 Å². The maximum absolute atomic E-state index is 12.4. The van der Waals surface area contributed by atoms with Crippen molar-refractivity contribution >= 4 is 39.9 Å². The van der Waals surface area contributed by atoms with E-state index in [2.05, 4.69) is 11.6 Å². The first kappa shape index (κ1) is 16.2. The highest BCUT2D eigenvalue weighted by Gasteiger charge is 2.56. The minimum atomic E-state index is -0.551. The molecule has 0 spiro atoms. The first-order valence-electron chi connectivity index (χ1n) is 7.06. The molecule has 0 aromatic carbocycles. The Morgan fingerprint density at radius 3 is 2.83 bits per heavy atom. The van der Waals surface area contributed by atoms with Crippen LogP contribution in [-0.2, 0) is 14.3 Å². The predicted octanol–water partition coefficient (Wildman–Crippen LogP) is 1.68. The summed E-state index contributed by atoms with van der Waals surface area (Å²) in [4.78, 5) is 32.0. The van der Waals surface area contributed by atoms with Crippen molar-refractivity contribution in [2.45, 2.75) is 19.2 Å². The van der Waals surface area contributed by atoms with Crippen molar-refractivity contribution in [3.8, 4) is 0 Å². The van der Waals surface area contributed by atoms with E-state index in [9.17, 15) is 14.7 Å². The monoisotopic (exact) mass is 352 g/mol. The molecule has 0 bridgehead atoms. The molecule has 1 saturated heterocycles. The zero-order valence-electron chi connectivity index (χ0n) is 12.7. The van der Waals surface area contributed by atoms with Crippen molar-refractivity contribution in [2.24, 2.45) is 5.92 Å². The second-order valence-electron chi connectivity index (χ2n) is 5.22. The molecule has 1 fully saturated rings. The van der Waals surface area contributed by atoms with Gasteiger partial charge in [-0.25, -0.2) is 9.78 Å². The Balaban J connectivity index is 2.03. The third-order valence-electron chi connectivity index (χ3n) is 3.68. The molecule has 8 heteroatoms. The van der Waals surface area contributed by atoms with Crippen molar-refractivity contribution < 1.29 is 19.4 Å². The number of nitrogens with zero attached hydrogens (tertiary/aromatic N) is 2. The largest absolute Gasteiger partial charge is 0.457 e. The fourth-order valence-electron chi connectivity index (χ4n) is 2.65. The first-order chi connectivity index (χ1) is 11.0. The second kappa shape index (κ2) is 6.10. The molecule has 6 nitrogen and oxygen atoms in total. The van der Waals surface area contributed by atoms with Gasteiger partial charge < -0.3 is 9.84 Å². The van der Waals surface area contributed by atoms with Gasteiger partial charge in [-0.1, -0.05) is 24.4 Å². The Labute approximate surface area is 141 Å². The number of carbonyl (C=O) groups is 2. The van der Waals surface area contributed by atoms with Crippen LogP contribution in [0.1, 0.15) is 15.6 Å². The number of aromatic nitrogens is 1. The maximum atomic E-state index is 12.4. The summed E-state index contributed by atoms with van der Waals surface area (Å²) in [6.45, 7) is 7.15. The van der Waals surface area contributed by atoms with Crippen LogP contribution in [0.25, 0.3) is 4.91 Å². The number of thioether (sulfide) groups is 1. The van der Waals surface area contributed by atoms with E-state index >= 15 is 0 Å². The van der Waals surface area contributed by atoms with Gasteiger partial charge in [0.05, 0.1) is 33.0 Å². The summed E-state index contributed by atoms with van der Waals surface area (Å²) in [5.74, 6) is -1.27. The quantitative estimate of drug-likeness (QED) is 0.493. The molecule has 3 rings (SSSR count). The number of hydrogen-bond donors (Lipinski definition) is 1. The van der Waals surface area contributed by atoms with Gasteiger partial charge in [-0.05, 0) is 13.8 Å². The van der Waals surface area contributed by atoms with Crippen LogP contribution in [0.5, 0.6) is 0 Å². The third kappa shape index (κ3) is 2.50. The maximum Gasteiger partial charge on any atom is 0.356 e. The molecule has 0 radical (unpaired) electrons. The SMILES string of the molecule is C=CCOC(=O)C1=C(c2sc(C)nc2C)S[C@@H]2[C@@H](CO)C(=O)N12. The number of aryl methyl sites for hydroxylation is 2. The zero-order valence-corrected chi connectivity index (χ0v) is 14.4. The summed E-state index contributed by atoms with van der Waals surface area (Å²) < 4.78 is 5.14. The van der Waals surface area contributed by atoms with Gasteiger partial charge in [-0.15, -0.1) is 11.3 Å². The van der Waals surface area contributed by atoms with E-state index in [4.69, 9.17) is 4.74 Å². The topological polar surface area (TPSA) is 79.7 Å². The van der Waals surface area contributed by atoms with Crippen LogP contribution in [0.4, 0.5) is 0 Å². The van der Waals surface area contributed by atoms with Crippen molar-refractivity contribution in [2.75, 3.05) is 13.2 Å². The minimum absolute atomic E-state index is 0.0805. The average Bonchev–Trinajstić information content (AvgIpc) is 3.02. The van der Waals surface area contributed by atoms with Crippen LogP contribution < -0.4 is 0 Å². The number of esters is 1. The van der Waals surface area contributed by atoms with Gasteiger partial charge in [0, 0.05) is 0 Å². The normalized spacial score (nSPS) is 22.9. The molecule has 0 aliphatic carbocycles. The Hall–Kier alpha value is -1.64. The van der Waals surface area contributed by atoms with Gasteiger partial charge in [-0.2, -0.15) is 0 Å². The summed E-state index contributed by atoms with van der Waals surface area (Å²) in [5, 5.41) is 10.0. The highest BCUT2D eigenvalue weighted by molar-refractivity contribution is 8.09. The Kier molecular flexibility index (Phi) is 4.31. The molecule has 2 aliphatic heterocycles. The first-order valence-corrected chi connectivity index (χ1v) is 8.76. The van der Waals surface area contributed by atoms with E-state index in [0.29, 0.717) is 4.91 Å². The highest BCUT2D eigenvalue weighted by Crippen LogP contribution is 2.54. The Morgan fingerprint density at radius 1 is 1.52 bits per heavy atom. The molecule has 2 atom stereocenters. The lowest BCUT2D eigenvalue weighted by Crippen LogP contribution is -2.58. The molecule has 1 aromatic rings. The van der Waals surface area contributed by atoms with E-state index in [0.717, 1.165) is 15.6 Å². The van der Waals surface area contributed by atoms with Crippen molar-refractivity contribution in [3.05, 3.63) is 33.9 Å². The van der Waals surface area contributed by atoms with E-state index in [1.807, 2.05) is 13.8 Å². The number of aliphatic hydroxyl groups is 1. The summed E-state index contributed by atoms with van der Waals surface area (Å²) >= 11 is 2.90. The number of amides is 1. The molecule has 0 unspecified atom stereocenters. The van der Waals surface area contributed by atoms with Crippen molar-refractivity contribution in [3.63, 3.8) is 0 Å². The number of rotatable bonds is 5. The fourth-order valence-corrected chi connectivity index (χ4v) is 5.25. The summed E-state index contributed by atoms with van der Waals surface area (Å²) in [6.07, 6.45) is 1.48. The van der Waals surface area contributed by atoms with Crippen LogP contribution in [0.15, 0.2) is 18.4 Å². The van der Waals surface area contributed by atoms with Gasteiger partial charge in [0.15, 0.2) is 0 Å². The van der Waals surface area contributed by atoms with Gasteiger partial charge in [0.1, 0.15) is 17.7 Å². The summed E-state index contributed by atoms with van der Waals surface area (Å²) in [5.41, 5.74) is 1.07. The van der Waals surface area contributed by atoms with E-state index in [-0.39, 0.29) is 30.2 Å². The lowest BCUT2D eigenvalue weighted by molar-refractivity contribution is -0.154. The van der Waals surface area contributed by atoms with E-state index in [1.165, 1.54) is 34.1 Å². The average molecular weight is 352 g/mol. The van der Waals surface area contributed by atoms with Crippen LogP contribution in [0, 0.1) is 19.8 Å². The molecule has 122 valence electrons. The minimum Gasteiger partial charge on any atom is -0.457 e. The predicted molar refractivity (Wildman–Crippen MR) is 88.5 cm³/mol. The number of hydrogen-bond acceptors (Lipinski definition) is 7. The number of ether oxygens (including phenoxy) is 1. The molecule has 1 aromatic heterocycles. The molecular weight excluding hydrogens is 336 g/mol. The third-order valence-corrected chi connectivity index (χ3v) is 6.31. The Bertz CT molecular complexity index is 725. The lowest BCUT2D eigenvalue weighted by Gasteiger charge is -2.41. The molecule has 1 amide bonds. The molecule has 1 N–H and O–H groups in total. The van der Waals surface area contributed by atoms with Crippen LogP contribution in [0.3, 0.4) is 0 Å².